The summed E-state index contributed by atoms with van der Waals surface area (Å²) in [4.78, 5) is 15.5. The van der Waals surface area contributed by atoms with Crippen molar-refractivity contribution in [1.29, 1.82) is 0 Å². The van der Waals surface area contributed by atoms with Crippen LogP contribution in [0.4, 0.5) is 0 Å². The number of nitrogens with two attached hydrogens (primary N) is 1. The summed E-state index contributed by atoms with van der Waals surface area (Å²) >= 11 is 1.68. The fourth-order valence-corrected chi connectivity index (χ4v) is 3.35. The zero-order valence-corrected chi connectivity index (χ0v) is 13.5. The fraction of sp³-hybridized carbons (Fsp3) is 0.643. The van der Waals surface area contributed by atoms with E-state index >= 15 is 0 Å². The van der Waals surface area contributed by atoms with Crippen LogP contribution in [-0.4, -0.2) is 36.5 Å². The summed E-state index contributed by atoms with van der Waals surface area (Å²) in [7, 11) is 0. The molecule has 0 radical (unpaired) electrons. The molecule has 6 heteroatoms. The molecule has 2 rings (SSSR count). The molecule has 2 atom stereocenters. The molecule has 1 aromatic heterocycles. The van der Waals surface area contributed by atoms with Crippen LogP contribution in [0, 0.1) is 0 Å². The van der Waals surface area contributed by atoms with Gasteiger partial charge in [0, 0.05) is 17.5 Å². The van der Waals surface area contributed by atoms with Crippen molar-refractivity contribution in [2.45, 2.75) is 38.3 Å². The first-order valence-corrected chi connectivity index (χ1v) is 7.85. The average Bonchev–Trinajstić information content (AvgIpc) is 2.93. The van der Waals surface area contributed by atoms with Crippen molar-refractivity contribution in [2.75, 3.05) is 19.6 Å². The number of halogens is 1. The Labute approximate surface area is 131 Å². The summed E-state index contributed by atoms with van der Waals surface area (Å²) in [5.74, 6) is 0.0984. The van der Waals surface area contributed by atoms with Gasteiger partial charge in [-0.1, -0.05) is 12.5 Å². The Morgan fingerprint density at radius 3 is 3.05 bits per heavy atom. The Kier molecular flexibility index (Phi) is 7.51. The van der Waals surface area contributed by atoms with Gasteiger partial charge in [0.2, 0.25) is 5.91 Å². The smallest absolute Gasteiger partial charge is 0.234 e. The quantitative estimate of drug-likeness (QED) is 0.875. The highest BCUT2D eigenvalue weighted by Gasteiger charge is 2.23. The van der Waals surface area contributed by atoms with E-state index in [0.717, 1.165) is 13.0 Å². The van der Waals surface area contributed by atoms with E-state index in [4.69, 9.17) is 5.73 Å². The molecule has 1 saturated heterocycles. The lowest BCUT2D eigenvalue weighted by Crippen LogP contribution is -2.48. The molecule has 0 spiro atoms. The number of piperidine rings is 1. The highest BCUT2D eigenvalue weighted by atomic mass is 35.5. The SMILES string of the molecule is CC(NC(=O)CN1CCCCC1CN)c1cccs1.Cl. The predicted octanol–water partition coefficient (Wildman–Crippen LogP) is 2.16. The highest BCUT2D eigenvalue weighted by Crippen LogP contribution is 2.19. The van der Waals surface area contributed by atoms with Gasteiger partial charge >= 0.3 is 0 Å². The zero-order valence-electron chi connectivity index (χ0n) is 11.9. The minimum Gasteiger partial charge on any atom is -0.348 e. The Bertz CT molecular complexity index is 399. The van der Waals surface area contributed by atoms with Crippen molar-refractivity contribution < 1.29 is 4.79 Å². The minimum atomic E-state index is 0. The molecule has 0 aliphatic carbocycles. The normalized spacial score (nSPS) is 21.0. The van der Waals surface area contributed by atoms with Crippen LogP contribution in [-0.2, 0) is 4.79 Å². The molecule has 1 amide bonds. The molecule has 0 aromatic carbocycles. The van der Waals surface area contributed by atoms with Gasteiger partial charge in [-0.15, -0.1) is 23.7 Å². The van der Waals surface area contributed by atoms with Crippen LogP contribution >= 0.6 is 23.7 Å². The number of nitrogens with zero attached hydrogens (tertiary/aromatic N) is 1. The van der Waals surface area contributed by atoms with Crippen molar-refractivity contribution in [3.05, 3.63) is 22.4 Å². The molecule has 4 nitrogen and oxygen atoms in total. The molecule has 0 bridgehead atoms. The molecule has 2 heterocycles. The first-order valence-electron chi connectivity index (χ1n) is 6.97. The standard InChI is InChI=1S/C14H23N3OS.ClH/c1-11(13-6-4-8-19-13)16-14(18)10-17-7-3-2-5-12(17)9-15;/h4,6,8,11-12H,2-3,5,7,9-10,15H2,1H3,(H,16,18);1H. The number of hydrogen-bond acceptors (Lipinski definition) is 4. The highest BCUT2D eigenvalue weighted by molar-refractivity contribution is 7.10. The first kappa shape index (κ1) is 17.4. The topological polar surface area (TPSA) is 58.4 Å². The Morgan fingerprint density at radius 1 is 1.60 bits per heavy atom. The van der Waals surface area contributed by atoms with Gasteiger partial charge in [-0.3, -0.25) is 9.69 Å². The van der Waals surface area contributed by atoms with Gasteiger partial charge in [-0.2, -0.15) is 0 Å². The van der Waals surface area contributed by atoms with Crippen molar-refractivity contribution in [3.8, 4) is 0 Å². The average molecular weight is 318 g/mol. The molecular formula is C14H24ClN3OS. The lowest BCUT2D eigenvalue weighted by Gasteiger charge is -2.34. The van der Waals surface area contributed by atoms with E-state index in [-0.39, 0.29) is 24.4 Å². The maximum absolute atomic E-state index is 12.1. The van der Waals surface area contributed by atoms with Gasteiger partial charge in [-0.25, -0.2) is 0 Å². The Balaban J connectivity index is 0.00000200. The summed E-state index contributed by atoms with van der Waals surface area (Å²) in [6.07, 6.45) is 3.51. The molecule has 0 saturated carbocycles. The maximum atomic E-state index is 12.1. The Hall–Kier alpha value is -0.620. The van der Waals surface area contributed by atoms with Crippen molar-refractivity contribution >= 4 is 29.7 Å². The number of nitrogens with one attached hydrogen (secondary N) is 1. The monoisotopic (exact) mass is 317 g/mol. The lowest BCUT2D eigenvalue weighted by molar-refractivity contribution is -0.123. The maximum Gasteiger partial charge on any atom is 0.234 e. The molecule has 3 N–H and O–H groups in total. The molecule has 2 unspecified atom stereocenters. The molecule has 20 heavy (non-hydrogen) atoms. The third kappa shape index (κ3) is 4.74. The summed E-state index contributed by atoms with van der Waals surface area (Å²) in [5, 5.41) is 5.10. The first-order chi connectivity index (χ1) is 9.20. The van der Waals surface area contributed by atoms with Crippen LogP contribution in [0.5, 0.6) is 0 Å². The summed E-state index contributed by atoms with van der Waals surface area (Å²) in [6, 6.07) is 4.53. The molecule has 1 aliphatic rings. The van der Waals surface area contributed by atoms with Gasteiger partial charge < -0.3 is 11.1 Å². The second-order valence-electron chi connectivity index (χ2n) is 5.16. The van der Waals surface area contributed by atoms with E-state index in [2.05, 4.69) is 16.3 Å². The number of hydrogen-bond donors (Lipinski definition) is 2. The summed E-state index contributed by atoms with van der Waals surface area (Å²) < 4.78 is 0. The molecule has 114 valence electrons. The van der Waals surface area contributed by atoms with Gasteiger partial charge in [0.1, 0.15) is 0 Å². The van der Waals surface area contributed by atoms with Crippen LogP contribution in [0.25, 0.3) is 0 Å². The minimum absolute atomic E-state index is 0. The summed E-state index contributed by atoms with van der Waals surface area (Å²) in [5.41, 5.74) is 5.78. The second kappa shape index (κ2) is 8.62. The number of carbonyl (C=O) groups is 1. The van der Waals surface area contributed by atoms with E-state index in [1.807, 2.05) is 18.4 Å². The van der Waals surface area contributed by atoms with Crippen LogP contribution in [0.1, 0.15) is 37.1 Å². The molecule has 1 aromatic rings. The number of carbonyl (C=O) groups excluding carboxylic acids is 1. The number of thiophene rings is 1. The third-order valence-corrected chi connectivity index (χ3v) is 4.77. The van der Waals surface area contributed by atoms with Crippen molar-refractivity contribution in [2.24, 2.45) is 5.73 Å². The number of rotatable bonds is 5. The molecular weight excluding hydrogens is 294 g/mol. The van der Waals surface area contributed by atoms with Gasteiger partial charge in [0.25, 0.3) is 0 Å². The van der Waals surface area contributed by atoms with Crippen LogP contribution in [0.2, 0.25) is 0 Å². The zero-order chi connectivity index (χ0) is 13.7. The third-order valence-electron chi connectivity index (χ3n) is 3.72. The van der Waals surface area contributed by atoms with E-state index in [1.165, 1.54) is 17.7 Å². The largest absolute Gasteiger partial charge is 0.348 e. The fourth-order valence-electron chi connectivity index (χ4n) is 2.62. The van der Waals surface area contributed by atoms with Crippen LogP contribution in [0.15, 0.2) is 17.5 Å². The van der Waals surface area contributed by atoms with E-state index < -0.39 is 0 Å². The van der Waals surface area contributed by atoms with Gasteiger partial charge in [0.05, 0.1) is 12.6 Å². The van der Waals surface area contributed by atoms with E-state index in [1.54, 1.807) is 11.3 Å². The predicted molar refractivity (Wildman–Crippen MR) is 86.4 cm³/mol. The lowest BCUT2D eigenvalue weighted by atomic mass is 10.0. The van der Waals surface area contributed by atoms with E-state index in [9.17, 15) is 4.79 Å². The van der Waals surface area contributed by atoms with Crippen molar-refractivity contribution in [3.63, 3.8) is 0 Å². The number of amides is 1. The van der Waals surface area contributed by atoms with Crippen molar-refractivity contribution in [1.82, 2.24) is 10.2 Å². The molecule has 1 aliphatic heterocycles. The van der Waals surface area contributed by atoms with Gasteiger partial charge in [-0.05, 0) is 37.8 Å². The van der Waals surface area contributed by atoms with Gasteiger partial charge in [0.15, 0.2) is 0 Å². The van der Waals surface area contributed by atoms with Crippen LogP contribution in [0.3, 0.4) is 0 Å². The summed E-state index contributed by atoms with van der Waals surface area (Å²) in [6.45, 7) is 4.13. The van der Waals surface area contributed by atoms with Crippen LogP contribution < -0.4 is 11.1 Å². The Morgan fingerprint density at radius 2 is 2.40 bits per heavy atom. The second-order valence-corrected chi connectivity index (χ2v) is 6.14. The van der Waals surface area contributed by atoms with E-state index in [0.29, 0.717) is 19.1 Å². The molecule has 1 fully saturated rings. The number of likely N-dealkylation sites (tertiary alicyclic amines) is 1.